The van der Waals surface area contributed by atoms with Gasteiger partial charge in [-0.1, -0.05) is 53.3 Å². The van der Waals surface area contributed by atoms with Gasteiger partial charge < -0.3 is 24.4 Å². The van der Waals surface area contributed by atoms with Crippen molar-refractivity contribution >= 4 is 61.7 Å². The topological polar surface area (TPSA) is 139 Å². The van der Waals surface area contributed by atoms with E-state index in [1.54, 1.807) is 25.3 Å². The standard InChI is InChI=1S/C33H40ClN3O6S.C9H20N2O.CH3I/c1-21-5-3-7-28(38)25-10-8-23(25)18-37-19-33(15-4-6-22-17-24(34)9-11-26(22)33)20-43-29-13-12-27(35-31(29)37)32(39)36-44(40,41)30(21)14-16-42-2;1-9(2,8-12-3)11-6-4-10-5-7-11;1-2/h3,7,9,11-13,17,21,23,25,30H,4-6,8,10,14-16,18-20H2,1-2H3,(H,36,39);10H,4-8H2,1-3H3;1H3/b7-3+;;/t21-,23-,25+,30+,33-;;/m0../s1. The van der Waals surface area contributed by atoms with Crippen LogP contribution in [0.15, 0.2) is 42.5 Å². The number of piperazine rings is 1. The minimum absolute atomic E-state index is 0.000860. The van der Waals surface area contributed by atoms with Gasteiger partial charge in [-0.25, -0.2) is 18.1 Å². The van der Waals surface area contributed by atoms with E-state index in [2.05, 4.69) is 62.3 Å². The van der Waals surface area contributed by atoms with Crippen molar-refractivity contribution < 1.29 is 32.2 Å². The highest BCUT2D eigenvalue weighted by atomic mass is 127. The van der Waals surface area contributed by atoms with Gasteiger partial charge in [0.25, 0.3) is 5.91 Å². The first-order valence-electron chi connectivity index (χ1n) is 20.5. The molecule has 15 heteroatoms. The summed E-state index contributed by atoms with van der Waals surface area (Å²) in [7, 11) is -0.808. The molecule has 12 nitrogen and oxygen atoms in total. The Labute approximate surface area is 364 Å². The van der Waals surface area contributed by atoms with Gasteiger partial charge >= 0.3 is 0 Å². The average molecular weight is 956 g/mol. The van der Waals surface area contributed by atoms with E-state index in [0.717, 1.165) is 64.9 Å². The maximum absolute atomic E-state index is 13.5. The van der Waals surface area contributed by atoms with E-state index in [0.29, 0.717) is 42.7 Å². The minimum atomic E-state index is -4.09. The number of carbonyl (C=O) groups excluding carboxylic acids is 2. The monoisotopic (exact) mass is 955 g/mol. The van der Waals surface area contributed by atoms with Crippen LogP contribution in [-0.4, -0.2) is 119 Å². The lowest BCUT2D eigenvalue weighted by Gasteiger charge is -2.43. The normalized spacial score (nSPS) is 27.8. The Bertz CT molecular complexity index is 1860. The van der Waals surface area contributed by atoms with Crippen LogP contribution in [0.3, 0.4) is 0 Å². The molecule has 1 spiro atoms. The lowest BCUT2D eigenvalue weighted by Crippen LogP contribution is -2.55. The number of anilines is 1. The molecule has 7 rings (SSSR count). The number of hydrogen-bond donors (Lipinski definition) is 2. The van der Waals surface area contributed by atoms with E-state index < -0.39 is 21.2 Å². The zero-order valence-electron chi connectivity index (χ0n) is 35.0. The summed E-state index contributed by atoms with van der Waals surface area (Å²) in [5, 5.41) is 3.16. The molecule has 5 aliphatic rings. The number of allylic oxidation sites excluding steroid dienone is 2. The molecule has 2 aliphatic carbocycles. The fourth-order valence-electron chi connectivity index (χ4n) is 9.18. The summed E-state index contributed by atoms with van der Waals surface area (Å²) in [5.41, 5.74) is 2.28. The number of alkyl halides is 1. The van der Waals surface area contributed by atoms with Crippen molar-refractivity contribution in [3.05, 3.63) is 64.3 Å². The Morgan fingerprint density at radius 2 is 1.84 bits per heavy atom. The molecule has 1 saturated carbocycles. The van der Waals surface area contributed by atoms with Crippen LogP contribution in [0.1, 0.15) is 80.9 Å². The van der Waals surface area contributed by atoms with Crippen LogP contribution in [0.25, 0.3) is 0 Å². The average Bonchev–Trinajstić information content (AvgIpc) is 3.34. The van der Waals surface area contributed by atoms with Crippen molar-refractivity contribution in [3.8, 4) is 5.75 Å². The number of aromatic nitrogens is 1. The number of fused-ring (bicyclic) bond motifs is 4. The van der Waals surface area contributed by atoms with E-state index >= 15 is 0 Å². The van der Waals surface area contributed by atoms with Crippen molar-refractivity contribution in [3.63, 3.8) is 0 Å². The number of hydrogen-bond acceptors (Lipinski definition) is 11. The molecule has 2 fully saturated rings. The van der Waals surface area contributed by atoms with Gasteiger partial charge in [0, 0.05) is 82.0 Å². The van der Waals surface area contributed by atoms with Crippen LogP contribution >= 0.6 is 34.2 Å². The third-order valence-electron chi connectivity index (χ3n) is 12.5. The summed E-state index contributed by atoms with van der Waals surface area (Å²) >= 11 is 8.53. The zero-order valence-corrected chi connectivity index (χ0v) is 38.8. The van der Waals surface area contributed by atoms with Gasteiger partial charge in [-0.15, -0.1) is 0 Å². The molecule has 1 amide bonds. The zero-order chi connectivity index (χ0) is 42.1. The summed E-state index contributed by atoms with van der Waals surface area (Å²) in [4.78, 5) is 38.2. The number of ether oxygens (including phenoxy) is 3. The number of nitrogens with one attached hydrogen (secondary N) is 2. The van der Waals surface area contributed by atoms with Gasteiger partial charge in [0.1, 0.15) is 5.69 Å². The lowest BCUT2D eigenvalue weighted by molar-refractivity contribution is -0.122. The Morgan fingerprint density at radius 3 is 2.53 bits per heavy atom. The van der Waals surface area contributed by atoms with E-state index in [1.165, 1.54) is 24.3 Å². The number of carbonyl (C=O) groups is 2. The molecule has 0 radical (unpaired) electrons. The van der Waals surface area contributed by atoms with Gasteiger partial charge in [0.05, 0.1) is 18.5 Å². The molecule has 1 aromatic heterocycles. The predicted octanol–water partition coefficient (Wildman–Crippen LogP) is 6.23. The smallest absolute Gasteiger partial charge is 0.283 e. The molecule has 322 valence electrons. The highest BCUT2D eigenvalue weighted by Crippen LogP contribution is 2.45. The molecular weight excluding hydrogens is 893 g/mol. The van der Waals surface area contributed by atoms with Crippen LogP contribution in [0.4, 0.5) is 5.82 Å². The molecule has 1 aromatic carbocycles. The van der Waals surface area contributed by atoms with Crippen molar-refractivity contribution in [2.45, 2.75) is 81.9 Å². The fourth-order valence-corrected chi connectivity index (χ4v) is 11.0. The Morgan fingerprint density at radius 1 is 1.09 bits per heavy atom. The molecule has 5 atom stereocenters. The van der Waals surface area contributed by atoms with Crippen LogP contribution in [0.5, 0.6) is 5.75 Å². The first-order chi connectivity index (χ1) is 27.8. The van der Waals surface area contributed by atoms with Crippen LogP contribution < -0.4 is 19.7 Å². The molecular formula is C43H63ClIN5O7S. The Kier molecular flexibility index (Phi) is 16.9. The van der Waals surface area contributed by atoms with Crippen molar-refractivity contribution in [2.75, 3.05) is 83.1 Å². The second kappa shape index (κ2) is 21.0. The highest BCUT2D eigenvalue weighted by molar-refractivity contribution is 14.1. The third kappa shape index (κ3) is 11.1. The van der Waals surface area contributed by atoms with Gasteiger partial charge in [-0.2, -0.15) is 0 Å². The Hall–Kier alpha value is -2.34. The Balaban J connectivity index is 0.000000390. The summed E-state index contributed by atoms with van der Waals surface area (Å²) in [6.45, 7) is 13.4. The second-order valence-electron chi connectivity index (χ2n) is 16.9. The van der Waals surface area contributed by atoms with Crippen LogP contribution in [0.2, 0.25) is 5.02 Å². The molecule has 4 heterocycles. The van der Waals surface area contributed by atoms with Gasteiger partial charge in [-0.05, 0) is 117 Å². The third-order valence-corrected chi connectivity index (χ3v) is 14.7. The summed E-state index contributed by atoms with van der Waals surface area (Å²) in [6.07, 6.45) is 8.57. The number of pyridine rings is 1. The molecule has 2 bridgehead atoms. The quantitative estimate of drug-likeness (QED) is 0.252. The fraction of sp³-hybridized carbons (Fsp3) is 0.651. The number of benzene rings is 1. The highest BCUT2D eigenvalue weighted by Gasteiger charge is 2.45. The van der Waals surface area contributed by atoms with Crippen molar-refractivity contribution in [2.24, 2.45) is 17.8 Å². The van der Waals surface area contributed by atoms with Crippen LogP contribution in [-0.2, 0) is 36.1 Å². The molecule has 58 heavy (non-hydrogen) atoms. The van der Waals surface area contributed by atoms with E-state index in [9.17, 15) is 18.0 Å². The molecule has 1 saturated heterocycles. The number of amides is 1. The first kappa shape index (κ1) is 46.7. The second-order valence-corrected chi connectivity index (χ2v) is 19.2. The minimum Gasteiger partial charge on any atom is -0.489 e. The maximum atomic E-state index is 13.5. The van der Waals surface area contributed by atoms with Crippen molar-refractivity contribution in [1.29, 1.82) is 0 Å². The number of rotatable bonds is 6. The number of ketones is 1. The number of sulfonamides is 1. The largest absolute Gasteiger partial charge is 0.489 e. The first-order valence-corrected chi connectivity index (χ1v) is 24.6. The summed E-state index contributed by atoms with van der Waals surface area (Å²) in [5.74, 6) is -0.00478. The lowest BCUT2D eigenvalue weighted by atomic mass is 9.69. The molecule has 3 aliphatic heterocycles. The van der Waals surface area contributed by atoms with Gasteiger partial charge in [0.2, 0.25) is 10.0 Å². The molecule has 2 N–H and O–H groups in total. The van der Waals surface area contributed by atoms with E-state index in [4.69, 9.17) is 30.8 Å². The number of aryl methyl sites for hydroxylation is 1. The number of methoxy groups -OCH3 is 2. The van der Waals surface area contributed by atoms with E-state index in [1.807, 2.05) is 24.0 Å². The maximum Gasteiger partial charge on any atom is 0.283 e. The SMILES string of the molecule is CI.COCC(C)(C)N1CCNCC1.COCC[C@@H]1[C@@H](C)C/C=C/C(=O)[C@@H]2CC[C@H]2CN2C[C@@]3(CCCc4cc(Cl)ccc43)COc3ccc(nc32)C(=O)NS1(=O)=O. The summed E-state index contributed by atoms with van der Waals surface area (Å²) in [6, 6.07) is 9.30. The molecule has 0 unspecified atom stereocenters. The number of nitrogens with zero attached hydrogens (tertiary/aromatic N) is 3. The molecule has 2 aromatic rings. The van der Waals surface area contributed by atoms with Crippen LogP contribution in [0, 0.1) is 17.8 Å². The summed E-state index contributed by atoms with van der Waals surface area (Å²) < 4.78 is 46.2. The van der Waals surface area contributed by atoms with Crippen molar-refractivity contribution in [1.82, 2.24) is 19.9 Å². The van der Waals surface area contributed by atoms with E-state index in [-0.39, 0.29) is 53.2 Å². The van der Waals surface area contributed by atoms with Gasteiger partial charge in [0.15, 0.2) is 17.4 Å². The van der Waals surface area contributed by atoms with Gasteiger partial charge in [-0.3, -0.25) is 14.5 Å². The number of halogens is 2. The predicted molar refractivity (Wildman–Crippen MR) is 239 cm³/mol.